The molecule has 3 aromatic carbocycles. The van der Waals surface area contributed by atoms with Gasteiger partial charge in [0, 0.05) is 11.1 Å². The molecule has 0 aliphatic heterocycles. The number of benzene rings is 3. The van der Waals surface area contributed by atoms with Gasteiger partial charge in [0.25, 0.3) is 0 Å². The summed E-state index contributed by atoms with van der Waals surface area (Å²) in [5.74, 6) is -3.92. The molecule has 0 saturated heterocycles. The van der Waals surface area contributed by atoms with E-state index in [4.69, 9.17) is 33.2 Å². The molecule has 0 N–H and O–H groups in total. The van der Waals surface area contributed by atoms with Crippen LogP contribution in [0.3, 0.4) is 0 Å². The second-order valence-corrected chi connectivity index (χ2v) is 10.5. The highest BCUT2D eigenvalue weighted by Crippen LogP contribution is 2.29. The van der Waals surface area contributed by atoms with Gasteiger partial charge in [0.15, 0.2) is 0 Å². The smallest absolute Gasteiger partial charge is 0.341 e. The van der Waals surface area contributed by atoms with Crippen molar-refractivity contribution in [1.82, 2.24) is 0 Å². The third-order valence-electron chi connectivity index (χ3n) is 6.78. The van der Waals surface area contributed by atoms with E-state index in [1.807, 2.05) is 0 Å². The zero-order valence-corrected chi connectivity index (χ0v) is 27.2. The Kier molecular flexibility index (Phi) is 13.0. The van der Waals surface area contributed by atoms with Crippen molar-refractivity contribution in [1.29, 1.82) is 0 Å². The molecule has 12 heteroatoms. The maximum Gasteiger partial charge on any atom is 0.341 e. The lowest BCUT2D eigenvalue weighted by Crippen LogP contribution is -2.19. The number of carbonyl (C=O) groups excluding carboxylic acids is 5. The molecular weight excluding hydrogens is 624 g/mol. The molecule has 3 rings (SSSR count). The number of esters is 5. The lowest BCUT2D eigenvalue weighted by Gasteiger charge is -2.16. The Bertz CT molecular complexity index is 1670. The van der Waals surface area contributed by atoms with Gasteiger partial charge in [0.05, 0.1) is 18.9 Å². The first-order chi connectivity index (χ1) is 22.8. The maximum atomic E-state index is 13.0. The molecule has 0 spiro atoms. The Balaban J connectivity index is 1.62. The van der Waals surface area contributed by atoms with Gasteiger partial charge in [-0.1, -0.05) is 37.4 Å². The second-order valence-electron chi connectivity index (χ2n) is 10.5. The predicted octanol–water partition coefficient (Wildman–Crippen LogP) is 5.80. The van der Waals surface area contributed by atoms with E-state index in [0.29, 0.717) is 22.6 Å². The third kappa shape index (κ3) is 10.3. The van der Waals surface area contributed by atoms with Crippen LogP contribution in [0.4, 0.5) is 0 Å². The van der Waals surface area contributed by atoms with Gasteiger partial charge in [-0.2, -0.15) is 0 Å². The quantitative estimate of drug-likeness (QED) is 0.0637. The van der Waals surface area contributed by atoms with Gasteiger partial charge in [-0.05, 0) is 81.3 Å². The van der Waals surface area contributed by atoms with E-state index in [9.17, 15) is 24.0 Å². The van der Waals surface area contributed by atoms with Crippen LogP contribution in [0, 0.1) is 0 Å². The molecule has 0 fully saturated rings. The third-order valence-corrected chi connectivity index (χ3v) is 6.78. The van der Waals surface area contributed by atoms with Crippen LogP contribution < -0.4 is 18.9 Å². The number of hydrogen-bond acceptors (Lipinski definition) is 12. The average Bonchev–Trinajstić information content (AvgIpc) is 3.08. The molecule has 0 aliphatic carbocycles. The zero-order valence-electron chi connectivity index (χ0n) is 27.2. The Morgan fingerprint density at radius 1 is 0.625 bits per heavy atom. The Morgan fingerprint density at radius 3 is 1.46 bits per heavy atom. The Labute approximate surface area is 277 Å². The van der Waals surface area contributed by atoms with Crippen LogP contribution in [0.25, 0.3) is 0 Å². The van der Waals surface area contributed by atoms with E-state index >= 15 is 0 Å². The van der Waals surface area contributed by atoms with Crippen LogP contribution in [0.15, 0.2) is 91.0 Å². The van der Waals surface area contributed by atoms with Crippen LogP contribution in [0.1, 0.15) is 61.0 Å². The monoisotopic (exact) mass is 660 g/mol. The summed E-state index contributed by atoms with van der Waals surface area (Å²) in [5, 5.41) is 0. The van der Waals surface area contributed by atoms with Gasteiger partial charge >= 0.3 is 29.8 Å². The number of hydrogen-bond donors (Lipinski definition) is 0. The molecule has 0 radical (unpaired) electrons. The second kappa shape index (κ2) is 17.1. The number of methoxy groups -OCH3 is 1. The van der Waals surface area contributed by atoms with E-state index in [1.54, 1.807) is 62.4 Å². The molecule has 0 aliphatic rings. The van der Waals surface area contributed by atoms with Crippen molar-refractivity contribution in [3.8, 4) is 23.0 Å². The molecule has 12 nitrogen and oxygen atoms in total. The van der Waals surface area contributed by atoms with E-state index in [2.05, 4.69) is 13.2 Å². The molecular formula is C36H36O12. The Morgan fingerprint density at radius 2 is 1.04 bits per heavy atom. The maximum absolute atomic E-state index is 13.0. The highest BCUT2D eigenvalue weighted by atomic mass is 16.7. The van der Waals surface area contributed by atoms with Crippen LogP contribution >= 0.6 is 0 Å². The lowest BCUT2D eigenvalue weighted by molar-refractivity contribution is -0.146. The molecule has 0 amide bonds. The summed E-state index contributed by atoms with van der Waals surface area (Å²) in [7, 11) is 1.16. The van der Waals surface area contributed by atoms with Crippen LogP contribution in [0.2, 0.25) is 0 Å². The first-order valence-electron chi connectivity index (χ1n) is 14.6. The normalized spacial score (nSPS) is 11.6. The molecule has 0 saturated carbocycles. The fourth-order valence-electron chi connectivity index (χ4n) is 3.86. The summed E-state index contributed by atoms with van der Waals surface area (Å²) in [6, 6.07) is 17.0. The van der Waals surface area contributed by atoms with Crippen molar-refractivity contribution in [3.05, 3.63) is 108 Å². The van der Waals surface area contributed by atoms with Crippen molar-refractivity contribution in [2.24, 2.45) is 0 Å². The van der Waals surface area contributed by atoms with Crippen molar-refractivity contribution in [2.45, 2.75) is 39.5 Å². The molecule has 0 aromatic heterocycles. The summed E-state index contributed by atoms with van der Waals surface area (Å²) in [4.78, 5) is 61.5. The summed E-state index contributed by atoms with van der Waals surface area (Å²) in [6.07, 6.45) is 0. The number of ether oxygens (including phenoxy) is 7. The van der Waals surface area contributed by atoms with E-state index in [0.717, 1.165) is 7.11 Å². The molecule has 3 aromatic rings. The van der Waals surface area contributed by atoms with E-state index < -0.39 is 41.7 Å². The van der Waals surface area contributed by atoms with Crippen LogP contribution in [-0.4, -0.2) is 50.5 Å². The van der Waals surface area contributed by atoms with E-state index in [-0.39, 0.29) is 41.8 Å². The topological polar surface area (TPSA) is 150 Å². The van der Waals surface area contributed by atoms with Gasteiger partial charge in [-0.25, -0.2) is 14.4 Å². The Hall–Kier alpha value is -5.91. The van der Waals surface area contributed by atoms with Crippen LogP contribution in [-0.2, 0) is 33.4 Å². The summed E-state index contributed by atoms with van der Waals surface area (Å²) >= 11 is 0. The number of carbonyl (C=O) groups is 5. The number of rotatable bonds is 15. The largest absolute Gasteiger partial charge is 0.465 e. The standard InChI is InChI=1S/C36H36O12/c1-21(2)32(37)45-19-43-27-12-8-25(9-13-27)23(5)34(39)47-29-16-17-31(30(18-29)36(41)42-7)48-35(40)24(6)26-10-14-28(15-11-26)44-20-46-33(38)22(3)4/h8-18,23-24H,1,3,19-20H2,2,4-7H3. The first kappa shape index (κ1) is 36.6. The van der Waals surface area contributed by atoms with Gasteiger partial charge in [-0.15, -0.1) is 0 Å². The predicted molar refractivity (Wildman–Crippen MR) is 172 cm³/mol. The summed E-state index contributed by atoms with van der Waals surface area (Å²) < 4.78 is 36.5. The molecule has 252 valence electrons. The molecule has 2 unspecified atom stereocenters. The minimum absolute atomic E-state index is 0.0314. The van der Waals surface area contributed by atoms with Crippen LogP contribution in [0.5, 0.6) is 23.0 Å². The van der Waals surface area contributed by atoms with Gasteiger partial charge < -0.3 is 33.2 Å². The lowest BCUT2D eigenvalue weighted by atomic mass is 10.0. The fourth-order valence-corrected chi connectivity index (χ4v) is 3.86. The average molecular weight is 661 g/mol. The molecule has 0 bridgehead atoms. The highest BCUT2D eigenvalue weighted by Gasteiger charge is 2.24. The van der Waals surface area contributed by atoms with Crippen molar-refractivity contribution in [3.63, 3.8) is 0 Å². The van der Waals surface area contributed by atoms with Crippen molar-refractivity contribution >= 4 is 29.8 Å². The fraction of sp³-hybridized carbons (Fsp3) is 0.250. The first-order valence-corrected chi connectivity index (χ1v) is 14.6. The van der Waals surface area contributed by atoms with Gasteiger partial charge in [0.2, 0.25) is 13.6 Å². The SMILES string of the molecule is C=C(C)C(=O)OCOc1ccc(C(C)C(=O)Oc2ccc(OC(=O)C(C)c3ccc(OCOC(=O)C(=C)C)cc3)c(C(=O)OC)c2)cc1. The molecule has 2 atom stereocenters. The minimum Gasteiger partial charge on any atom is -0.465 e. The molecule has 0 heterocycles. The van der Waals surface area contributed by atoms with Gasteiger partial charge in [0.1, 0.15) is 28.6 Å². The summed E-state index contributed by atoms with van der Waals surface area (Å²) in [5.41, 5.74) is 1.58. The van der Waals surface area contributed by atoms with Crippen molar-refractivity contribution in [2.75, 3.05) is 20.7 Å². The summed E-state index contributed by atoms with van der Waals surface area (Å²) in [6.45, 7) is 12.7. The zero-order chi connectivity index (χ0) is 35.4. The van der Waals surface area contributed by atoms with Gasteiger partial charge in [-0.3, -0.25) is 9.59 Å². The molecule has 48 heavy (non-hydrogen) atoms. The van der Waals surface area contributed by atoms with Crippen molar-refractivity contribution < 1.29 is 57.1 Å². The van der Waals surface area contributed by atoms with E-state index in [1.165, 1.54) is 32.0 Å². The minimum atomic E-state index is -0.810. The highest BCUT2D eigenvalue weighted by molar-refractivity contribution is 5.95.